The molecule has 0 saturated heterocycles. The van der Waals surface area contributed by atoms with Crippen molar-refractivity contribution < 1.29 is 14.3 Å². The molecular weight excluding hydrogens is 388 g/mol. The summed E-state index contributed by atoms with van der Waals surface area (Å²) in [6.07, 6.45) is 2.93. The highest BCUT2D eigenvalue weighted by Gasteiger charge is 2.08. The molecule has 5 nitrogen and oxygen atoms in total. The van der Waals surface area contributed by atoms with Crippen molar-refractivity contribution in [2.24, 2.45) is 0 Å². The molecule has 0 atom stereocenters. The Morgan fingerprint density at radius 2 is 1.55 bits per heavy atom. The van der Waals surface area contributed by atoms with E-state index < -0.39 is 11.8 Å². The average Bonchev–Trinajstić information content (AvgIpc) is 2.76. The number of nitrogens with one attached hydrogen (secondary N) is 2. The molecule has 0 aromatic heterocycles. The lowest BCUT2D eigenvalue weighted by Gasteiger charge is -2.12. The van der Waals surface area contributed by atoms with Gasteiger partial charge in [0.15, 0.2) is 6.61 Å². The van der Waals surface area contributed by atoms with Gasteiger partial charge in [0, 0.05) is 16.7 Å². The van der Waals surface area contributed by atoms with Crippen LogP contribution in [0.25, 0.3) is 17.2 Å². The first kappa shape index (κ1) is 20.2. The molecule has 3 rings (SSSR count). The molecule has 3 aromatic carbocycles. The third-order valence-corrected chi connectivity index (χ3v) is 4.20. The molecule has 0 saturated carbocycles. The molecule has 0 radical (unpaired) electrons. The second-order valence-electron chi connectivity index (χ2n) is 6.07. The molecule has 0 aliphatic rings. The summed E-state index contributed by atoms with van der Waals surface area (Å²) in [5.41, 5.74) is 7.33. The van der Waals surface area contributed by atoms with Crippen LogP contribution in [0.2, 0.25) is 5.02 Å². The van der Waals surface area contributed by atoms with Crippen LogP contribution >= 0.6 is 11.6 Å². The molecule has 146 valence electrons. The second kappa shape index (κ2) is 10.1. The third kappa shape index (κ3) is 6.23. The number of benzene rings is 3. The monoisotopic (exact) mass is 406 g/mol. The predicted octanol–water partition coefficient (Wildman–Crippen LogP) is 4.25. The van der Waals surface area contributed by atoms with Gasteiger partial charge >= 0.3 is 0 Å². The number of hydrogen-bond donors (Lipinski definition) is 2. The fourth-order valence-corrected chi connectivity index (χ4v) is 2.67. The van der Waals surface area contributed by atoms with Crippen LogP contribution in [-0.4, -0.2) is 18.4 Å². The highest BCUT2D eigenvalue weighted by atomic mass is 35.5. The summed E-state index contributed by atoms with van der Waals surface area (Å²) in [7, 11) is 0. The van der Waals surface area contributed by atoms with Gasteiger partial charge in [-0.25, -0.2) is 0 Å². The highest BCUT2D eigenvalue weighted by Crippen LogP contribution is 2.29. The summed E-state index contributed by atoms with van der Waals surface area (Å²) in [6, 6.07) is 24.2. The standard InChI is InChI=1S/C23H19ClN2O3/c24-19-13-10-17(11-14-19)12-15-22(27)25-26-23(28)16-29-21-9-5-4-8-20(21)18-6-2-1-3-7-18/h1-15H,16H2,(H,25,27)(H,26,28)/b15-12+. The molecule has 0 unspecified atom stereocenters. The molecule has 0 spiro atoms. The number of para-hydroxylation sites is 1. The Kier molecular flexibility index (Phi) is 7.03. The van der Waals surface area contributed by atoms with Crippen molar-refractivity contribution in [3.05, 3.63) is 95.5 Å². The summed E-state index contributed by atoms with van der Waals surface area (Å²) in [6.45, 7) is -0.231. The van der Waals surface area contributed by atoms with Crippen molar-refractivity contribution in [1.82, 2.24) is 10.9 Å². The van der Waals surface area contributed by atoms with Gasteiger partial charge in [0.1, 0.15) is 5.75 Å². The number of hydrogen-bond acceptors (Lipinski definition) is 3. The minimum absolute atomic E-state index is 0.231. The van der Waals surface area contributed by atoms with Crippen molar-refractivity contribution >= 4 is 29.5 Å². The van der Waals surface area contributed by atoms with E-state index in [2.05, 4.69) is 10.9 Å². The van der Waals surface area contributed by atoms with Crippen molar-refractivity contribution in [3.8, 4) is 16.9 Å². The first-order valence-corrected chi connectivity index (χ1v) is 9.29. The molecule has 0 heterocycles. The van der Waals surface area contributed by atoms with E-state index in [1.807, 2.05) is 48.5 Å². The maximum Gasteiger partial charge on any atom is 0.276 e. The van der Waals surface area contributed by atoms with E-state index in [4.69, 9.17) is 16.3 Å². The minimum Gasteiger partial charge on any atom is -0.483 e. The first-order chi connectivity index (χ1) is 14.1. The van der Waals surface area contributed by atoms with Crippen LogP contribution in [0.15, 0.2) is 84.9 Å². The van der Waals surface area contributed by atoms with Gasteiger partial charge in [0.25, 0.3) is 11.8 Å². The Balaban J connectivity index is 1.49. The third-order valence-electron chi connectivity index (χ3n) is 3.95. The Morgan fingerprint density at radius 1 is 0.862 bits per heavy atom. The summed E-state index contributed by atoms with van der Waals surface area (Å²) in [5.74, 6) is -0.345. The van der Waals surface area contributed by atoms with Crippen LogP contribution in [0, 0.1) is 0 Å². The van der Waals surface area contributed by atoms with E-state index >= 15 is 0 Å². The molecule has 2 N–H and O–H groups in total. The van der Waals surface area contributed by atoms with Gasteiger partial charge in [-0.05, 0) is 35.4 Å². The van der Waals surface area contributed by atoms with E-state index in [0.717, 1.165) is 16.7 Å². The van der Waals surface area contributed by atoms with E-state index in [0.29, 0.717) is 10.8 Å². The van der Waals surface area contributed by atoms with Crippen LogP contribution in [0.4, 0.5) is 0 Å². The van der Waals surface area contributed by atoms with E-state index in [9.17, 15) is 9.59 Å². The van der Waals surface area contributed by atoms with Crippen LogP contribution < -0.4 is 15.6 Å². The van der Waals surface area contributed by atoms with Gasteiger partial charge in [-0.15, -0.1) is 0 Å². The number of hydrazine groups is 1. The number of amides is 2. The van der Waals surface area contributed by atoms with E-state index in [-0.39, 0.29) is 6.61 Å². The lowest BCUT2D eigenvalue weighted by molar-refractivity contribution is -0.128. The van der Waals surface area contributed by atoms with Crippen molar-refractivity contribution in [1.29, 1.82) is 0 Å². The van der Waals surface area contributed by atoms with Gasteiger partial charge in [0.2, 0.25) is 0 Å². The Hall–Kier alpha value is -3.57. The number of ether oxygens (including phenoxy) is 1. The minimum atomic E-state index is -0.471. The van der Waals surface area contributed by atoms with Gasteiger partial charge in [0.05, 0.1) is 0 Å². The Labute approximate surface area is 173 Å². The zero-order valence-corrected chi connectivity index (χ0v) is 16.2. The molecule has 6 heteroatoms. The van der Waals surface area contributed by atoms with Crippen LogP contribution in [0.5, 0.6) is 5.75 Å². The Bertz CT molecular complexity index is 1000. The Morgan fingerprint density at radius 3 is 2.31 bits per heavy atom. The fraction of sp³-hybridized carbons (Fsp3) is 0.0435. The first-order valence-electron chi connectivity index (χ1n) is 8.91. The average molecular weight is 407 g/mol. The lowest BCUT2D eigenvalue weighted by atomic mass is 10.1. The molecule has 0 bridgehead atoms. The van der Waals surface area contributed by atoms with Crippen LogP contribution in [0.3, 0.4) is 0 Å². The van der Waals surface area contributed by atoms with E-state index in [1.165, 1.54) is 6.08 Å². The highest BCUT2D eigenvalue weighted by molar-refractivity contribution is 6.30. The predicted molar refractivity (Wildman–Crippen MR) is 114 cm³/mol. The number of carbonyl (C=O) groups excluding carboxylic acids is 2. The smallest absolute Gasteiger partial charge is 0.276 e. The van der Waals surface area contributed by atoms with E-state index in [1.54, 1.807) is 36.4 Å². The fourth-order valence-electron chi connectivity index (χ4n) is 2.55. The number of rotatable bonds is 6. The van der Waals surface area contributed by atoms with Crippen molar-refractivity contribution in [2.75, 3.05) is 6.61 Å². The maximum absolute atomic E-state index is 12.0. The molecule has 29 heavy (non-hydrogen) atoms. The van der Waals surface area contributed by atoms with Crippen LogP contribution in [0.1, 0.15) is 5.56 Å². The summed E-state index contributed by atoms with van der Waals surface area (Å²) < 4.78 is 5.63. The molecule has 2 amide bonds. The van der Waals surface area contributed by atoms with Gasteiger partial charge < -0.3 is 4.74 Å². The summed E-state index contributed by atoms with van der Waals surface area (Å²) in [4.78, 5) is 23.8. The van der Waals surface area contributed by atoms with Crippen LogP contribution in [-0.2, 0) is 9.59 Å². The lowest BCUT2D eigenvalue weighted by Crippen LogP contribution is -2.43. The van der Waals surface area contributed by atoms with Crippen molar-refractivity contribution in [2.45, 2.75) is 0 Å². The number of halogens is 1. The quantitative estimate of drug-likeness (QED) is 0.475. The maximum atomic E-state index is 12.0. The van der Waals surface area contributed by atoms with Crippen molar-refractivity contribution in [3.63, 3.8) is 0 Å². The largest absolute Gasteiger partial charge is 0.483 e. The zero-order valence-electron chi connectivity index (χ0n) is 15.5. The van der Waals surface area contributed by atoms with Gasteiger partial charge in [-0.1, -0.05) is 72.3 Å². The summed E-state index contributed by atoms with van der Waals surface area (Å²) >= 11 is 5.81. The van der Waals surface area contributed by atoms with Gasteiger partial charge in [-0.2, -0.15) is 0 Å². The van der Waals surface area contributed by atoms with Gasteiger partial charge in [-0.3, -0.25) is 20.4 Å². The summed E-state index contributed by atoms with van der Waals surface area (Å²) in [5, 5.41) is 0.618. The molecule has 3 aromatic rings. The molecule has 0 aliphatic carbocycles. The topological polar surface area (TPSA) is 67.4 Å². The number of carbonyl (C=O) groups is 2. The molecule has 0 aliphatic heterocycles. The SMILES string of the molecule is O=C(/C=C/c1ccc(Cl)cc1)NNC(=O)COc1ccccc1-c1ccccc1. The normalized spacial score (nSPS) is 10.5. The second-order valence-corrected chi connectivity index (χ2v) is 6.51. The molecular formula is C23H19ClN2O3. The molecule has 0 fully saturated rings. The zero-order chi connectivity index (χ0) is 20.5.